The number of hydrogen-bond acceptors (Lipinski definition) is 5. The van der Waals surface area contributed by atoms with E-state index < -0.39 is 19.0 Å². The Kier molecular flexibility index (Phi) is 5.54. The second-order valence-corrected chi connectivity index (χ2v) is 1.73. The van der Waals surface area contributed by atoms with Crippen LogP contribution in [0.4, 0.5) is 0 Å². The first kappa shape index (κ1) is 10.2. The molecule has 0 aromatic heterocycles. The Bertz CT molecular complexity index is 110. The summed E-state index contributed by atoms with van der Waals surface area (Å²) in [5.41, 5.74) is 0. The van der Waals surface area contributed by atoms with Crippen molar-refractivity contribution in [2.45, 2.75) is 12.4 Å². The fourth-order valence-corrected chi connectivity index (χ4v) is 0.434. The topological polar surface area (TPSA) is 72.8 Å². The maximum Gasteiger partial charge on any atom is 0.215 e. The van der Waals surface area contributed by atoms with Gasteiger partial charge in [0.15, 0.2) is 12.6 Å². The number of rotatable bonds is 6. The van der Waals surface area contributed by atoms with Gasteiger partial charge >= 0.3 is 0 Å². The molecule has 0 aliphatic heterocycles. The third kappa shape index (κ3) is 3.82. The predicted octanol–water partition coefficient (Wildman–Crippen LogP) is -1.27. The Labute approximate surface area is 63.9 Å². The normalized spacial score (nSPS) is 15.5. The Morgan fingerprint density at radius 1 is 1.45 bits per heavy atom. The summed E-state index contributed by atoms with van der Waals surface area (Å²) in [6.45, 7) is -0.461. The fraction of sp³-hybridized carbons (Fsp3) is 0.667. The van der Waals surface area contributed by atoms with Crippen molar-refractivity contribution in [2.75, 3.05) is 13.7 Å². The highest BCUT2D eigenvalue weighted by atomic mass is 16.7. The molecule has 0 saturated heterocycles. The SMILES string of the molecule is CO[C@@H](C=O)O[C@@H](C=O)CO. The minimum atomic E-state index is -1.09. The van der Waals surface area contributed by atoms with E-state index in [4.69, 9.17) is 5.11 Å². The average molecular weight is 162 g/mol. The highest BCUT2D eigenvalue weighted by Crippen LogP contribution is 1.93. The zero-order valence-electron chi connectivity index (χ0n) is 6.10. The van der Waals surface area contributed by atoms with Crippen LogP contribution in [-0.2, 0) is 19.1 Å². The second kappa shape index (κ2) is 5.96. The van der Waals surface area contributed by atoms with Crippen molar-refractivity contribution >= 4 is 12.6 Å². The first-order valence-electron chi connectivity index (χ1n) is 2.98. The van der Waals surface area contributed by atoms with Crippen LogP contribution in [0.15, 0.2) is 0 Å². The highest BCUT2D eigenvalue weighted by Gasteiger charge is 2.12. The molecule has 0 rings (SSSR count). The van der Waals surface area contributed by atoms with E-state index in [1.807, 2.05) is 0 Å². The maximum absolute atomic E-state index is 10.1. The molecule has 0 heterocycles. The van der Waals surface area contributed by atoms with Crippen molar-refractivity contribution in [1.82, 2.24) is 0 Å². The van der Waals surface area contributed by atoms with Crippen LogP contribution >= 0.6 is 0 Å². The lowest BCUT2D eigenvalue weighted by Gasteiger charge is -2.12. The number of carbonyl (C=O) groups excluding carboxylic acids is 2. The molecule has 2 atom stereocenters. The van der Waals surface area contributed by atoms with Crippen LogP contribution in [0, 0.1) is 0 Å². The molecular weight excluding hydrogens is 152 g/mol. The molecule has 0 aliphatic carbocycles. The van der Waals surface area contributed by atoms with E-state index >= 15 is 0 Å². The molecule has 0 bridgehead atoms. The predicted molar refractivity (Wildman–Crippen MR) is 34.9 cm³/mol. The van der Waals surface area contributed by atoms with Crippen LogP contribution < -0.4 is 0 Å². The molecule has 11 heavy (non-hydrogen) atoms. The summed E-state index contributed by atoms with van der Waals surface area (Å²) in [4.78, 5) is 20.1. The van der Waals surface area contributed by atoms with Crippen molar-refractivity contribution < 1.29 is 24.2 Å². The van der Waals surface area contributed by atoms with E-state index in [2.05, 4.69) is 9.47 Å². The van der Waals surface area contributed by atoms with Gasteiger partial charge in [-0.25, -0.2) is 0 Å². The van der Waals surface area contributed by atoms with Gasteiger partial charge < -0.3 is 19.4 Å². The molecule has 0 aliphatic rings. The second-order valence-electron chi connectivity index (χ2n) is 1.73. The fourth-order valence-electron chi connectivity index (χ4n) is 0.434. The zero-order valence-corrected chi connectivity index (χ0v) is 6.10. The first-order valence-corrected chi connectivity index (χ1v) is 2.98. The van der Waals surface area contributed by atoms with E-state index in [0.717, 1.165) is 0 Å². The lowest BCUT2D eigenvalue weighted by Crippen LogP contribution is -2.28. The standard InChI is InChI=1S/C6H10O5/c1-10-6(4-9)11-5(2-7)3-8/h2,4-6,8H,3H2,1H3/t5-,6+/m0/s1. The molecule has 5 heteroatoms. The van der Waals surface area contributed by atoms with Crippen LogP contribution in [-0.4, -0.2) is 43.8 Å². The molecule has 0 radical (unpaired) electrons. The van der Waals surface area contributed by atoms with E-state index in [1.165, 1.54) is 7.11 Å². The number of hydrogen-bond donors (Lipinski definition) is 1. The number of ether oxygens (including phenoxy) is 2. The molecule has 5 nitrogen and oxygen atoms in total. The Hall–Kier alpha value is -0.780. The summed E-state index contributed by atoms with van der Waals surface area (Å²) < 4.78 is 9.11. The van der Waals surface area contributed by atoms with Gasteiger partial charge in [0.25, 0.3) is 0 Å². The first-order chi connectivity index (χ1) is 5.28. The van der Waals surface area contributed by atoms with Gasteiger partial charge in [0.2, 0.25) is 6.29 Å². The van der Waals surface area contributed by atoms with Gasteiger partial charge in [0, 0.05) is 7.11 Å². The van der Waals surface area contributed by atoms with Gasteiger partial charge in [0.1, 0.15) is 6.10 Å². The zero-order chi connectivity index (χ0) is 8.69. The summed E-state index contributed by atoms with van der Waals surface area (Å²) >= 11 is 0. The van der Waals surface area contributed by atoms with Crippen LogP contribution in [0.2, 0.25) is 0 Å². The molecule has 0 fully saturated rings. The van der Waals surface area contributed by atoms with Gasteiger partial charge in [-0.1, -0.05) is 0 Å². The molecule has 0 aromatic rings. The summed E-state index contributed by atoms with van der Waals surface area (Å²) in [7, 11) is 1.26. The lowest BCUT2D eigenvalue weighted by molar-refractivity contribution is -0.169. The van der Waals surface area contributed by atoms with Crippen LogP contribution in [0.1, 0.15) is 0 Å². The smallest absolute Gasteiger partial charge is 0.215 e. The Balaban J connectivity index is 3.76. The minimum absolute atomic E-state index is 0.395. The van der Waals surface area contributed by atoms with Gasteiger partial charge in [-0.3, -0.25) is 4.79 Å². The van der Waals surface area contributed by atoms with E-state index in [-0.39, 0.29) is 0 Å². The number of methoxy groups -OCH3 is 1. The monoisotopic (exact) mass is 162 g/mol. The van der Waals surface area contributed by atoms with E-state index in [0.29, 0.717) is 12.6 Å². The van der Waals surface area contributed by atoms with Crippen molar-refractivity contribution in [3.8, 4) is 0 Å². The molecule has 0 amide bonds. The van der Waals surface area contributed by atoms with Gasteiger partial charge in [0.05, 0.1) is 6.61 Å². The largest absolute Gasteiger partial charge is 0.393 e. The Morgan fingerprint density at radius 3 is 2.36 bits per heavy atom. The number of carbonyl (C=O) groups is 2. The van der Waals surface area contributed by atoms with Gasteiger partial charge in [-0.2, -0.15) is 0 Å². The number of aldehydes is 2. The third-order valence-electron chi connectivity index (χ3n) is 0.984. The lowest BCUT2D eigenvalue weighted by atomic mass is 10.4. The van der Waals surface area contributed by atoms with Crippen molar-refractivity contribution in [3.05, 3.63) is 0 Å². The summed E-state index contributed by atoms with van der Waals surface area (Å²) in [6.07, 6.45) is -1.29. The number of aliphatic hydroxyl groups excluding tert-OH is 1. The van der Waals surface area contributed by atoms with Crippen molar-refractivity contribution in [1.29, 1.82) is 0 Å². The van der Waals surface area contributed by atoms with Crippen LogP contribution in [0.25, 0.3) is 0 Å². The molecule has 1 N–H and O–H groups in total. The van der Waals surface area contributed by atoms with Gasteiger partial charge in [-0.15, -0.1) is 0 Å². The summed E-state index contributed by atoms with van der Waals surface area (Å²) in [5, 5.41) is 8.44. The van der Waals surface area contributed by atoms with E-state index in [9.17, 15) is 9.59 Å². The van der Waals surface area contributed by atoms with Crippen LogP contribution in [0.3, 0.4) is 0 Å². The Morgan fingerprint density at radius 2 is 2.09 bits per heavy atom. The summed E-state index contributed by atoms with van der Waals surface area (Å²) in [6, 6.07) is 0. The minimum Gasteiger partial charge on any atom is -0.393 e. The average Bonchev–Trinajstić information content (AvgIpc) is 2.07. The number of aliphatic hydroxyl groups is 1. The quantitative estimate of drug-likeness (QED) is 0.389. The van der Waals surface area contributed by atoms with E-state index in [1.54, 1.807) is 0 Å². The van der Waals surface area contributed by atoms with Gasteiger partial charge in [-0.05, 0) is 0 Å². The summed E-state index contributed by atoms with van der Waals surface area (Å²) in [5.74, 6) is 0. The molecular formula is C6H10O5. The highest BCUT2D eigenvalue weighted by molar-refractivity contribution is 5.58. The molecule has 0 spiro atoms. The molecule has 64 valence electrons. The molecule has 0 saturated carbocycles. The third-order valence-corrected chi connectivity index (χ3v) is 0.984. The molecule has 0 aromatic carbocycles. The van der Waals surface area contributed by atoms with Crippen molar-refractivity contribution in [2.24, 2.45) is 0 Å². The maximum atomic E-state index is 10.1. The molecule has 0 unspecified atom stereocenters. The van der Waals surface area contributed by atoms with Crippen molar-refractivity contribution in [3.63, 3.8) is 0 Å². The van der Waals surface area contributed by atoms with Crippen LogP contribution in [0.5, 0.6) is 0 Å².